The van der Waals surface area contributed by atoms with Crippen molar-refractivity contribution in [2.45, 2.75) is 32.7 Å². The molecule has 21 heavy (non-hydrogen) atoms. The predicted molar refractivity (Wildman–Crippen MR) is 83.1 cm³/mol. The summed E-state index contributed by atoms with van der Waals surface area (Å²) in [6, 6.07) is 7.80. The van der Waals surface area contributed by atoms with Gasteiger partial charge in [-0.2, -0.15) is 17.0 Å². The van der Waals surface area contributed by atoms with Crippen LogP contribution in [0.25, 0.3) is 0 Å². The van der Waals surface area contributed by atoms with Crippen molar-refractivity contribution in [3.8, 4) is 0 Å². The molecule has 6 heteroatoms. The highest BCUT2D eigenvalue weighted by molar-refractivity contribution is 7.86. The molecule has 0 aromatic heterocycles. The van der Waals surface area contributed by atoms with Crippen LogP contribution in [0.15, 0.2) is 24.3 Å². The van der Waals surface area contributed by atoms with Crippen molar-refractivity contribution >= 4 is 10.2 Å². The van der Waals surface area contributed by atoms with Gasteiger partial charge in [0.2, 0.25) is 0 Å². The quantitative estimate of drug-likeness (QED) is 0.831. The highest BCUT2D eigenvalue weighted by Gasteiger charge is 2.37. The number of benzene rings is 1. The molecule has 0 saturated carbocycles. The summed E-state index contributed by atoms with van der Waals surface area (Å²) < 4.78 is 28.6. The average Bonchev–Trinajstić information content (AvgIpc) is 2.89. The molecule has 0 saturated heterocycles. The highest BCUT2D eigenvalue weighted by atomic mass is 32.2. The molecule has 0 spiro atoms. The van der Waals surface area contributed by atoms with E-state index in [1.807, 2.05) is 32.0 Å². The van der Waals surface area contributed by atoms with Crippen molar-refractivity contribution in [2.75, 3.05) is 26.2 Å². The number of aliphatic hydroxyl groups is 1. The Labute approximate surface area is 127 Å². The molecule has 1 N–H and O–H groups in total. The fraction of sp³-hybridized carbons (Fsp3) is 0.600. The van der Waals surface area contributed by atoms with Crippen molar-refractivity contribution in [1.29, 1.82) is 0 Å². The van der Waals surface area contributed by atoms with Gasteiger partial charge in [0.1, 0.15) is 0 Å². The van der Waals surface area contributed by atoms with Gasteiger partial charge in [0.25, 0.3) is 10.2 Å². The van der Waals surface area contributed by atoms with Crippen LogP contribution in [0.4, 0.5) is 0 Å². The number of aliphatic hydroxyl groups excluding tert-OH is 1. The Balaban J connectivity index is 2.37. The van der Waals surface area contributed by atoms with Gasteiger partial charge in [-0.1, -0.05) is 38.1 Å². The molecule has 1 aliphatic carbocycles. The third-order valence-electron chi connectivity index (χ3n) is 4.10. The maximum atomic E-state index is 12.8. The van der Waals surface area contributed by atoms with Crippen LogP contribution in [0.1, 0.15) is 37.4 Å². The van der Waals surface area contributed by atoms with Crippen LogP contribution in [-0.4, -0.2) is 48.4 Å². The monoisotopic (exact) mass is 312 g/mol. The standard InChI is InChI=1S/C15H24N2O3S/c1-3-16(4-2)21(19,20)17(11-12-18)15-10-9-13-7-5-6-8-14(13)15/h5-8,15,18H,3-4,9-12H2,1-2H3. The first-order chi connectivity index (χ1) is 10.1. The largest absolute Gasteiger partial charge is 0.395 e. The first-order valence-corrected chi connectivity index (χ1v) is 8.91. The molecule has 0 heterocycles. The van der Waals surface area contributed by atoms with Gasteiger partial charge in [-0.3, -0.25) is 0 Å². The summed E-state index contributed by atoms with van der Waals surface area (Å²) in [6.07, 6.45) is 1.66. The van der Waals surface area contributed by atoms with Gasteiger partial charge in [-0.15, -0.1) is 0 Å². The van der Waals surface area contributed by atoms with Crippen molar-refractivity contribution in [3.05, 3.63) is 35.4 Å². The van der Waals surface area contributed by atoms with Crippen molar-refractivity contribution < 1.29 is 13.5 Å². The molecule has 5 nitrogen and oxygen atoms in total. The van der Waals surface area contributed by atoms with E-state index in [0.29, 0.717) is 13.1 Å². The minimum absolute atomic E-state index is 0.137. The van der Waals surface area contributed by atoms with Gasteiger partial charge in [-0.05, 0) is 24.0 Å². The third kappa shape index (κ3) is 3.13. The zero-order valence-electron chi connectivity index (χ0n) is 12.7. The SMILES string of the molecule is CCN(CC)S(=O)(=O)N(CCO)C1CCc2ccccc21. The van der Waals surface area contributed by atoms with Crippen LogP contribution in [0.5, 0.6) is 0 Å². The topological polar surface area (TPSA) is 60.9 Å². The third-order valence-corrected chi connectivity index (χ3v) is 6.30. The Morgan fingerprint density at radius 3 is 2.52 bits per heavy atom. The molecular formula is C15H24N2O3S. The Kier molecular flexibility index (Phi) is 5.37. The Morgan fingerprint density at radius 1 is 1.24 bits per heavy atom. The normalized spacial score (nSPS) is 18.4. The number of nitrogens with zero attached hydrogens (tertiary/aromatic N) is 2. The number of fused-ring (bicyclic) bond motifs is 1. The molecule has 118 valence electrons. The fourth-order valence-corrected chi connectivity index (χ4v) is 4.86. The van der Waals surface area contributed by atoms with E-state index in [-0.39, 0.29) is 19.2 Å². The first kappa shape index (κ1) is 16.4. The van der Waals surface area contributed by atoms with E-state index in [1.165, 1.54) is 14.2 Å². The second-order valence-electron chi connectivity index (χ2n) is 5.18. The average molecular weight is 312 g/mol. The minimum atomic E-state index is -3.54. The van der Waals surface area contributed by atoms with Crippen LogP contribution in [-0.2, 0) is 16.6 Å². The van der Waals surface area contributed by atoms with Crippen molar-refractivity contribution in [2.24, 2.45) is 0 Å². The number of rotatable bonds is 7. The van der Waals surface area contributed by atoms with Gasteiger partial charge < -0.3 is 5.11 Å². The lowest BCUT2D eigenvalue weighted by Gasteiger charge is -2.32. The molecule has 1 aromatic rings. The van der Waals surface area contributed by atoms with Crippen molar-refractivity contribution in [1.82, 2.24) is 8.61 Å². The van der Waals surface area contributed by atoms with Gasteiger partial charge in [-0.25, -0.2) is 0 Å². The van der Waals surface area contributed by atoms with Gasteiger partial charge in [0.15, 0.2) is 0 Å². The Bertz CT molecular complexity index is 570. The molecule has 1 atom stereocenters. The van der Waals surface area contributed by atoms with E-state index < -0.39 is 10.2 Å². The predicted octanol–water partition coefficient (Wildman–Crippen LogP) is 1.55. The lowest BCUT2D eigenvalue weighted by molar-refractivity contribution is 0.215. The summed E-state index contributed by atoms with van der Waals surface area (Å²) in [4.78, 5) is 0. The maximum Gasteiger partial charge on any atom is 0.282 e. The summed E-state index contributed by atoms with van der Waals surface area (Å²) in [7, 11) is -3.54. The molecule has 0 amide bonds. The number of aryl methyl sites for hydroxylation is 1. The van der Waals surface area contributed by atoms with E-state index >= 15 is 0 Å². The van der Waals surface area contributed by atoms with E-state index in [2.05, 4.69) is 6.07 Å². The van der Waals surface area contributed by atoms with Crippen LogP contribution in [0, 0.1) is 0 Å². The van der Waals surface area contributed by atoms with Gasteiger partial charge >= 0.3 is 0 Å². The molecule has 1 unspecified atom stereocenters. The molecular weight excluding hydrogens is 288 g/mol. The smallest absolute Gasteiger partial charge is 0.282 e. The van der Waals surface area contributed by atoms with E-state index in [1.54, 1.807) is 0 Å². The van der Waals surface area contributed by atoms with E-state index in [9.17, 15) is 13.5 Å². The maximum absolute atomic E-state index is 12.8. The summed E-state index contributed by atoms with van der Waals surface area (Å²) in [5.41, 5.74) is 2.28. The van der Waals surface area contributed by atoms with E-state index in [4.69, 9.17) is 0 Å². The molecule has 0 fully saturated rings. The zero-order chi connectivity index (χ0) is 15.5. The number of hydrogen-bond acceptors (Lipinski definition) is 3. The molecule has 0 radical (unpaired) electrons. The Hall–Kier alpha value is -0.950. The second-order valence-corrected chi connectivity index (χ2v) is 7.06. The molecule has 1 aromatic carbocycles. The minimum Gasteiger partial charge on any atom is -0.395 e. The zero-order valence-corrected chi connectivity index (χ0v) is 13.5. The van der Waals surface area contributed by atoms with Gasteiger partial charge in [0, 0.05) is 19.6 Å². The van der Waals surface area contributed by atoms with Crippen molar-refractivity contribution in [3.63, 3.8) is 0 Å². The fourth-order valence-electron chi connectivity index (χ4n) is 3.06. The molecule has 2 rings (SSSR count). The second kappa shape index (κ2) is 6.87. The van der Waals surface area contributed by atoms with Gasteiger partial charge in [0.05, 0.1) is 12.6 Å². The summed E-state index contributed by atoms with van der Waals surface area (Å²) in [5.74, 6) is 0. The van der Waals surface area contributed by atoms with Crippen LogP contribution < -0.4 is 0 Å². The van der Waals surface area contributed by atoms with Crippen LogP contribution in [0.3, 0.4) is 0 Å². The molecule has 1 aliphatic rings. The molecule has 0 aliphatic heterocycles. The lowest BCUT2D eigenvalue weighted by atomic mass is 10.1. The molecule has 0 bridgehead atoms. The summed E-state index contributed by atoms with van der Waals surface area (Å²) in [5, 5.41) is 9.31. The van der Waals surface area contributed by atoms with Crippen LogP contribution >= 0.6 is 0 Å². The summed E-state index contributed by atoms with van der Waals surface area (Å²) in [6.45, 7) is 4.52. The lowest BCUT2D eigenvalue weighted by Crippen LogP contribution is -2.46. The first-order valence-electron chi connectivity index (χ1n) is 7.51. The van der Waals surface area contributed by atoms with Crippen LogP contribution in [0.2, 0.25) is 0 Å². The number of hydrogen-bond donors (Lipinski definition) is 1. The van der Waals surface area contributed by atoms with E-state index in [0.717, 1.165) is 18.4 Å². The Morgan fingerprint density at radius 2 is 1.90 bits per heavy atom. The summed E-state index contributed by atoms with van der Waals surface area (Å²) >= 11 is 0. The highest BCUT2D eigenvalue weighted by Crippen LogP contribution is 2.37.